The van der Waals surface area contributed by atoms with E-state index in [-0.39, 0.29) is 5.56 Å². The highest BCUT2D eigenvalue weighted by Crippen LogP contribution is 2.10. The SMILES string of the molecule is N#Cc1ccn(-c2cccc(C(=O)O)c2)n1. The summed E-state index contributed by atoms with van der Waals surface area (Å²) in [6, 6.07) is 9.82. The van der Waals surface area contributed by atoms with Crippen LogP contribution >= 0.6 is 0 Å². The van der Waals surface area contributed by atoms with Gasteiger partial charge in [-0.05, 0) is 24.3 Å². The molecule has 78 valence electrons. The largest absolute Gasteiger partial charge is 0.478 e. The highest BCUT2D eigenvalue weighted by molar-refractivity contribution is 5.88. The number of benzene rings is 1. The molecule has 5 nitrogen and oxygen atoms in total. The van der Waals surface area contributed by atoms with Crippen LogP contribution in [0.1, 0.15) is 16.1 Å². The summed E-state index contributed by atoms with van der Waals surface area (Å²) in [6.45, 7) is 0. The number of hydrogen-bond donors (Lipinski definition) is 1. The molecule has 0 saturated carbocycles. The number of rotatable bonds is 2. The number of aromatic nitrogens is 2. The van der Waals surface area contributed by atoms with Crippen molar-refractivity contribution in [3.8, 4) is 11.8 Å². The fraction of sp³-hybridized carbons (Fsp3) is 0. The molecule has 0 radical (unpaired) electrons. The van der Waals surface area contributed by atoms with Crippen molar-refractivity contribution in [2.24, 2.45) is 0 Å². The Morgan fingerprint density at radius 1 is 1.44 bits per heavy atom. The van der Waals surface area contributed by atoms with Crippen molar-refractivity contribution in [3.05, 3.63) is 47.8 Å². The molecule has 0 spiro atoms. The molecule has 1 heterocycles. The van der Waals surface area contributed by atoms with Gasteiger partial charge in [0.2, 0.25) is 0 Å². The Hall–Kier alpha value is -2.61. The molecule has 0 aliphatic heterocycles. The van der Waals surface area contributed by atoms with Gasteiger partial charge in [-0.1, -0.05) is 6.07 Å². The Morgan fingerprint density at radius 2 is 2.25 bits per heavy atom. The highest BCUT2D eigenvalue weighted by atomic mass is 16.4. The summed E-state index contributed by atoms with van der Waals surface area (Å²) < 4.78 is 1.46. The van der Waals surface area contributed by atoms with Gasteiger partial charge in [-0.25, -0.2) is 9.48 Å². The summed E-state index contributed by atoms with van der Waals surface area (Å²) in [4.78, 5) is 10.8. The molecule has 2 aromatic rings. The first-order chi connectivity index (χ1) is 7.70. The number of carboxylic acid groups (broad SMARTS) is 1. The lowest BCUT2D eigenvalue weighted by atomic mass is 10.2. The third-order valence-corrected chi connectivity index (χ3v) is 2.06. The van der Waals surface area contributed by atoms with Crippen LogP contribution in [0.4, 0.5) is 0 Å². The molecule has 0 fully saturated rings. The second-order valence-electron chi connectivity index (χ2n) is 3.11. The minimum absolute atomic E-state index is 0.187. The van der Waals surface area contributed by atoms with E-state index in [1.54, 1.807) is 24.4 Å². The van der Waals surface area contributed by atoms with Gasteiger partial charge in [-0.2, -0.15) is 10.4 Å². The van der Waals surface area contributed by atoms with Crippen LogP contribution in [0.15, 0.2) is 36.5 Å². The van der Waals surface area contributed by atoms with Crippen molar-refractivity contribution in [3.63, 3.8) is 0 Å². The maximum absolute atomic E-state index is 10.8. The van der Waals surface area contributed by atoms with Crippen LogP contribution in [0.2, 0.25) is 0 Å². The van der Waals surface area contributed by atoms with Crippen molar-refractivity contribution >= 4 is 5.97 Å². The Morgan fingerprint density at radius 3 is 2.88 bits per heavy atom. The maximum atomic E-state index is 10.8. The van der Waals surface area contributed by atoms with Crippen molar-refractivity contribution in [1.29, 1.82) is 5.26 Å². The van der Waals surface area contributed by atoms with Gasteiger partial charge in [-0.15, -0.1) is 0 Å². The average molecular weight is 213 g/mol. The van der Waals surface area contributed by atoms with Crippen LogP contribution < -0.4 is 0 Å². The number of nitrogens with zero attached hydrogens (tertiary/aromatic N) is 3. The number of carbonyl (C=O) groups is 1. The van der Waals surface area contributed by atoms with Gasteiger partial charge in [-0.3, -0.25) is 0 Å². The van der Waals surface area contributed by atoms with E-state index < -0.39 is 5.97 Å². The molecule has 0 atom stereocenters. The Bertz CT molecular complexity index is 581. The molecular formula is C11H7N3O2. The molecule has 5 heteroatoms. The van der Waals surface area contributed by atoms with Crippen LogP contribution in [-0.2, 0) is 0 Å². The molecule has 1 aromatic heterocycles. The van der Waals surface area contributed by atoms with Crippen molar-refractivity contribution < 1.29 is 9.90 Å². The quantitative estimate of drug-likeness (QED) is 0.818. The summed E-state index contributed by atoms with van der Waals surface area (Å²) >= 11 is 0. The summed E-state index contributed by atoms with van der Waals surface area (Å²) in [6.07, 6.45) is 1.61. The van der Waals surface area contributed by atoms with Gasteiger partial charge in [0.25, 0.3) is 0 Å². The number of hydrogen-bond acceptors (Lipinski definition) is 3. The van der Waals surface area contributed by atoms with E-state index in [1.165, 1.54) is 16.8 Å². The summed E-state index contributed by atoms with van der Waals surface area (Å²) in [5, 5.41) is 21.4. The van der Waals surface area contributed by atoms with Crippen LogP contribution in [0.5, 0.6) is 0 Å². The first-order valence-corrected chi connectivity index (χ1v) is 4.50. The van der Waals surface area contributed by atoms with Gasteiger partial charge in [0.15, 0.2) is 5.69 Å². The Kier molecular flexibility index (Phi) is 2.40. The van der Waals surface area contributed by atoms with E-state index in [0.717, 1.165) is 0 Å². The molecule has 2 rings (SSSR count). The Labute approximate surface area is 91.2 Å². The van der Waals surface area contributed by atoms with E-state index in [2.05, 4.69) is 5.10 Å². The average Bonchev–Trinajstić information content (AvgIpc) is 2.77. The molecule has 0 aliphatic carbocycles. The molecule has 0 saturated heterocycles. The van der Waals surface area contributed by atoms with Crippen molar-refractivity contribution in [1.82, 2.24) is 9.78 Å². The van der Waals surface area contributed by atoms with E-state index in [1.807, 2.05) is 6.07 Å². The third kappa shape index (κ3) is 1.77. The zero-order valence-corrected chi connectivity index (χ0v) is 8.16. The fourth-order valence-electron chi connectivity index (χ4n) is 1.31. The van der Waals surface area contributed by atoms with E-state index >= 15 is 0 Å². The number of carboxylic acids is 1. The lowest BCUT2D eigenvalue weighted by Gasteiger charge is -2.01. The van der Waals surface area contributed by atoms with Crippen LogP contribution in [0, 0.1) is 11.3 Å². The lowest BCUT2D eigenvalue weighted by Crippen LogP contribution is -2.00. The molecule has 16 heavy (non-hydrogen) atoms. The topological polar surface area (TPSA) is 78.9 Å². The second-order valence-corrected chi connectivity index (χ2v) is 3.11. The van der Waals surface area contributed by atoms with E-state index in [9.17, 15) is 4.79 Å². The summed E-state index contributed by atoms with van der Waals surface area (Å²) in [7, 11) is 0. The summed E-state index contributed by atoms with van der Waals surface area (Å²) in [5.41, 5.74) is 1.09. The number of nitriles is 1. The Balaban J connectivity index is 2.44. The normalized spacial score (nSPS) is 9.69. The van der Waals surface area contributed by atoms with Gasteiger partial charge < -0.3 is 5.11 Å². The third-order valence-electron chi connectivity index (χ3n) is 2.06. The highest BCUT2D eigenvalue weighted by Gasteiger charge is 2.05. The van der Waals surface area contributed by atoms with Gasteiger partial charge in [0.1, 0.15) is 6.07 Å². The van der Waals surface area contributed by atoms with Gasteiger partial charge >= 0.3 is 5.97 Å². The van der Waals surface area contributed by atoms with Crippen molar-refractivity contribution in [2.45, 2.75) is 0 Å². The molecule has 1 N–H and O–H groups in total. The van der Waals surface area contributed by atoms with Crippen LogP contribution in [-0.4, -0.2) is 20.9 Å². The standard InChI is InChI=1S/C11H7N3O2/c12-7-9-4-5-14(13-9)10-3-1-2-8(6-10)11(15)16/h1-6H,(H,15,16). The number of aromatic carboxylic acids is 1. The second kappa shape index (κ2) is 3.87. The maximum Gasteiger partial charge on any atom is 0.335 e. The predicted molar refractivity (Wildman–Crippen MR) is 55.2 cm³/mol. The molecular weight excluding hydrogens is 206 g/mol. The zero-order chi connectivity index (χ0) is 11.5. The predicted octanol–water partition coefficient (Wildman–Crippen LogP) is 1.44. The molecule has 0 aliphatic rings. The van der Waals surface area contributed by atoms with Gasteiger partial charge in [0, 0.05) is 6.20 Å². The first-order valence-electron chi connectivity index (χ1n) is 4.50. The molecule has 0 unspecified atom stereocenters. The van der Waals surface area contributed by atoms with E-state index in [4.69, 9.17) is 10.4 Å². The van der Waals surface area contributed by atoms with Crippen LogP contribution in [0.3, 0.4) is 0 Å². The smallest absolute Gasteiger partial charge is 0.335 e. The zero-order valence-electron chi connectivity index (χ0n) is 8.16. The molecule has 1 aromatic carbocycles. The summed E-state index contributed by atoms with van der Waals surface area (Å²) in [5.74, 6) is -0.991. The lowest BCUT2D eigenvalue weighted by molar-refractivity contribution is 0.0697. The fourth-order valence-corrected chi connectivity index (χ4v) is 1.31. The first kappa shape index (κ1) is 9.93. The molecule has 0 amide bonds. The molecule has 0 bridgehead atoms. The monoisotopic (exact) mass is 213 g/mol. The van der Waals surface area contributed by atoms with Gasteiger partial charge in [0.05, 0.1) is 11.3 Å². The van der Waals surface area contributed by atoms with Crippen molar-refractivity contribution in [2.75, 3.05) is 0 Å². The minimum atomic E-state index is -0.991. The van der Waals surface area contributed by atoms with E-state index in [0.29, 0.717) is 11.4 Å². The van der Waals surface area contributed by atoms with Crippen LogP contribution in [0.25, 0.3) is 5.69 Å². The minimum Gasteiger partial charge on any atom is -0.478 e.